The molecule has 1 heterocycles. The summed E-state index contributed by atoms with van der Waals surface area (Å²) in [5, 5.41) is 3.03. The van der Waals surface area contributed by atoms with Crippen LogP contribution in [0.5, 0.6) is 0 Å². The fourth-order valence-electron chi connectivity index (χ4n) is 3.30. The fraction of sp³-hybridized carbons (Fsp3) is 0.783. The van der Waals surface area contributed by atoms with E-state index < -0.39 is 0 Å². The average Bonchev–Trinajstić information content (AvgIpc) is 3.54. The number of nitrogens with one attached hydrogen (secondary N) is 1. The van der Waals surface area contributed by atoms with E-state index in [-0.39, 0.29) is 5.91 Å². The molecule has 1 aliphatic heterocycles. The van der Waals surface area contributed by atoms with Gasteiger partial charge >= 0.3 is 0 Å². The molecule has 2 unspecified atom stereocenters. The van der Waals surface area contributed by atoms with Crippen LogP contribution < -0.4 is 5.32 Å². The van der Waals surface area contributed by atoms with Crippen LogP contribution in [0.4, 0.5) is 0 Å². The summed E-state index contributed by atoms with van der Waals surface area (Å²) in [4.78, 5) is 11.5. The Morgan fingerprint density at radius 2 is 1.58 bits per heavy atom. The van der Waals surface area contributed by atoms with E-state index in [1.165, 1.54) is 64.2 Å². The first-order valence-electron chi connectivity index (χ1n) is 11.0. The third kappa shape index (κ3) is 10.8. The zero-order valence-electron chi connectivity index (χ0n) is 16.8. The van der Waals surface area contributed by atoms with Gasteiger partial charge in [-0.2, -0.15) is 0 Å². The Labute approximate surface area is 160 Å². The predicted octanol–water partition coefficient (Wildman–Crippen LogP) is 5.85. The number of epoxide rings is 1. The maximum Gasteiger partial charge on any atom is 0.220 e. The Kier molecular flexibility index (Phi) is 10.7. The Morgan fingerprint density at radius 3 is 2.23 bits per heavy atom. The third-order valence-electron chi connectivity index (χ3n) is 5.21. The van der Waals surface area contributed by atoms with Crippen LogP contribution >= 0.6 is 0 Å². The number of rotatable bonds is 16. The molecule has 1 aliphatic carbocycles. The van der Waals surface area contributed by atoms with Crippen molar-refractivity contribution in [3.05, 3.63) is 24.3 Å². The van der Waals surface area contributed by atoms with E-state index in [0.717, 1.165) is 19.3 Å². The van der Waals surface area contributed by atoms with Crippen molar-refractivity contribution in [3.63, 3.8) is 0 Å². The normalized spacial score (nSPS) is 22.3. The van der Waals surface area contributed by atoms with Crippen LogP contribution in [-0.4, -0.2) is 24.2 Å². The number of allylic oxidation sites excluding steroid dienone is 4. The lowest BCUT2D eigenvalue weighted by Crippen LogP contribution is -2.24. The molecule has 1 amide bonds. The smallest absolute Gasteiger partial charge is 0.220 e. The number of carbonyl (C=O) groups excluding carboxylic acids is 1. The molecule has 2 aliphatic rings. The zero-order chi connectivity index (χ0) is 18.5. The van der Waals surface area contributed by atoms with Crippen molar-refractivity contribution in [3.8, 4) is 0 Å². The summed E-state index contributed by atoms with van der Waals surface area (Å²) in [5.41, 5.74) is 0. The standard InChI is InChI=1S/C23H39NO2/c1-2-3-12-15-21-22(26-21)16-13-10-8-6-4-5-7-9-11-14-17-23(25)24-20-18-19-20/h4,6-7,9,20-22H,2-3,5,8,10-19H2,1H3,(H,24,25). The Bertz CT molecular complexity index is 439. The van der Waals surface area contributed by atoms with Crippen molar-refractivity contribution < 1.29 is 9.53 Å². The van der Waals surface area contributed by atoms with Crippen molar-refractivity contribution in [1.29, 1.82) is 0 Å². The van der Waals surface area contributed by atoms with Gasteiger partial charge in [-0.25, -0.2) is 0 Å². The van der Waals surface area contributed by atoms with Crippen LogP contribution in [0.2, 0.25) is 0 Å². The monoisotopic (exact) mass is 361 g/mol. The highest BCUT2D eigenvalue weighted by molar-refractivity contribution is 5.76. The summed E-state index contributed by atoms with van der Waals surface area (Å²) in [6, 6.07) is 0.493. The van der Waals surface area contributed by atoms with Gasteiger partial charge in [0.25, 0.3) is 0 Å². The molecule has 0 aromatic carbocycles. The molecular formula is C23H39NO2. The van der Waals surface area contributed by atoms with Gasteiger partial charge in [-0.3, -0.25) is 4.79 Å². The van der Waals surface area contributed by atoms with Gasteiger partial charge in [0.1, 0.15) is 0 Å². The Balaban J connectivity index is 1.31. The third-order valence-corrected chi connectivity index (χ3v) is 5.21. The van der Waals surface area contributed by atoms with Crippen LogP contribution in [0.25, 0.3) is 0 Å². The van der Waals surface area contributed by atoms with Crippen molar-refractivity contribution >= 4 is 5.91 Å². The second-order valence-electron chi connectivity index (χ2n) is 7.91. The Hall–Kier alpha value is -1.09. The van der Waals surface area contributed by atoms with Gasteiger partial charge in [-0.1, -0.05) is 56.9 Å². The molecule has 0 aromatic rings. The number of ether oxygens (including phenoxy) is 1. The molecule has 0 spiro atoms. The minimum Gasteiger partial charge on any atom is -0.370 e. The minimum atomic E-state index is 0.227. The van der Waals surface area contributed by atoms with E-state index in [9.17, 15) is 4.79 Å². The second-order valence-corrected chi connectivity index (χ2v) is 7.91. The first kappa shape index (κ1) is 21.2. The lowest BCUT2D eigenvalue weighted by Gasteiger charge is -2.00. The van der Waals surface area contributed by atoms with Crippen molar-refractivity contribution in [2.45, 2.75) is 115 Å². The quantitative estimate of drug-likeness (QED) is 0.213. The van der Waals surface area contributed by atoms with E-state index in [4.69, 9.17) is 4.74 Å². The first-order valence-corrected chi connectivity index (χ1v) is 11.0. The summed E-state index contributed by atoms with van der Waals surface area (Å²) in [6.45, 7) is 2.26. The van der Waals surface area contributed by atoms with E-state index in [1.54, 1.807) is 0 Å². The highest BCUT2D eigenvalue weighted by Gasteiger charge is 2.36. The van der Waals surface area contributed by atoms with Gasteiger partial charge in [0.05, 0.1) is 12.2 Å². The number of unbranched alkanes of at least 4 members (excludes halogenated alkanes) is 5. The molecule has 1 saturated heterocycles. The number of hydrogen-bond acceptors (Lipinski definition) is 2. The van der Waals surface area contributed by atoms with Crippen LogP contribution in [0.3, 0.4) is 0 Å². The number of carbonyl (C=O) groups is 1. The first-order chi connectivity index (χ1) is 12.8. The topological polar surface area (TPSA) is 41.6 Å². The summed E-state index contributed by atoms with van der Waals surface area (Å²) < 4.78 is 5.74. The zero-order valence-corrected chi connectivity index (χ0v) is 16.8. The van der Waals surface area contributed by atoms with E-state index in [0.29, 0.717) is 24.7 Å². The van der Waals surface area contributed by atoms with Gasteiger partial charge in [-0.15, -0.1) is 0 Å². The molecule has 3 heteroatoms. The fourth-order valence-corrected chi connectivity index (χ4v) is 3.30. The Morgan fingerprint density at radius 1 is 0.923 bits per heavy atom. The molecule has 1 N–H and O–H groups in total. The van der Waals surface area contributed by atoms with E-state index >= 15 is 0 Å². The minimum absolute atomic E-state index is 0.227. The molecule has 2 atom stereocenters. The summed E-state index contributed by atoms with van der Waals surface area (Å²) in [5.74, 6) is 0.227. The molecular weight excluding hydrogens is 322 g/mol. The highest BCUT2D eigenvalue weighted by atomic mass is 16.6. The van der Waals surface area contributed by atoms with E-state index in [2.05, 4.69) is 36.5 Å². The lowest BCUT2D eigenvalue weighted by atomic mass is 10.1. The molecule has 148 valence electrons. The summed E-state index contributed by atoms with van der Waals surface area (Å²) >= 11 is 0. The van der Waals surface area contributed by atoms with Gasteiger partial charge < -0.3 is 10.1 Å². The van der Waals surface area contributed by atoms with Crippen LogP contribution in [-0.2, 0) is 9.53 Å². The maximum absolute atomic E-state index is 11.5. The van der Waals surface area contributed by atoms with Gasteiger partial charge in [-0.05, 0) is 57.8 Å². The van der Waals surface area contributed by atoms with Crippen LogP contribution in [0.15, 0.2) is 24.3 Å². The van der Waals surface area contributed by atoms with Gasteiger partial charge in [0, 0.05) is 12.5 Å². The van der Waals surface area contributed by atoms with Crippen molar-refractivity contribution in [2.75, 3.05) is 0 Å². The molecule has 0 radical (unpaired) electrons. The summed E-state index contributed by atoms with van der Waals surface area (Å²) in [7, 11) is 0. The van der Waals surface area contributed by atoms with Crippen molar-refractivity contribution in [2.24, 2.45) is 0 Å². The number of hydrogen-bond donors (Lipinski definition) is 1. The van der Waals surface area contributed by atoms with Gasteiger partial charge in [0.2, 0.25) is 5.91 Å². The SMILES string of the molecule is CCCCCC1OC1CCCCC=CCC=CCCCC(=O)NC1CC1. The molecule has 3 nitrogen and oxygen atoms in total. The molecule has 26 heavy (non-hydrogen) atoms. The van der Waals surface area contributed by atoms with Crippen molar-refractivity contribution in [1.82, 2.24) is 5.32 Å². The maximum atomic E-state index is 11.5. The van der Waals surface area contributed by atoms with Gasteiger partial charge in [0.15, 0.2) is 0 Å². The number of amides is 1. The van der Waals surface area contributed by atoms with E-state index in [1.807, 2.05) is 0 Å². The summed E-state index contributed by atoms with van der Waals surface area (Å²) in [6.07, 6.45) is 26.4. The molecule has 0 bridgehead atoms. The molecule has 2 rings (SSSR count). The molecule has 1 saturated carbocycles. The highest BCUT2D eigenvalue weighted by Crippen LogP contribution is 2.31. The van der Waals surface area contributed by atoms with Crippen LogP contribution in [0.1, 0.15) is 96.8 Å². The predicted molar refractivity (Wildman–Crippen MR) is 109 cm³/mol. The lowest BCUT2D eigenvalue weighted by molar-refractivity contribution is -0.121. The van der Waals surface area contributed by atoms with Crippen LogP contribution in [0, 0.1) is 0 Å². The molecule has 0 aromatic heterocycles. The average molecular weight is 362 g/mol. The largest absolute Gasteiger partial charge is 0.370 e. The molecule has 2 fully saturated rings. The second kappa shape index (κ2) is 13.1.